The van der Waals surface area contributed by atoms with Crippen LogP contribution in [0.3, 0.4) is 0 Å². The molecule has 0 saturated carbocycles. The number of ether oxygens (including phenoxy) is 6. The molecule has 4 aromatic rings. The number of benzene rings is 4. The molecule has 0 aliphatic heterocycles. The van der Waals surface area contributed by atoms with Crippen LogP contribution in [0.5, 0.6) is 0 Å². The Labute approximate surface area is 384 Å². The maximum atomic E-state index is 12.5. The molecule has 14 nitrogen and oxygen atoms in total. The van der Waals surface area contributed by atoms with Crippen molar-refractivity contribution < 1.29 is 57.2 Å². The van der Waals surface area contributed by atoms with Gasteiger partial charge in [-0.3, -0.25) is 10.6 Å². The van der Waals surface area contributed by atoms with Gasteiger partial charge in [0.2, 0.25) is 0 Å². The molecule has 0 fully saturated rings. The molecule has 0 heterocycles. The summed E-state index contributed by atoms with van der Waals surface area (Å²) in [7, 11) is 0. The zero-order valence-electron chi connectivity index (χ0n) is 34.1. The lowest BCUT2D eigenvalue weighted by molar-refractivity contribution is -0.143. The number of anilines is 2. The maximum Gasteiger partial charge on any atom is 0.412 e. The fourth-order valence-corrected chi connectivity index (χ4v) is 6.37. The number of amides is 2. The van der Waals surface area contributed by atoms with Gasteiger partial charge < -0.3 is 28.4 Å². The van der Waals surface area contributed by atoms with Gasteiger partial charge in [-0.25, -0.2) is 28.8 Å². The molecule has 0 bridgehead atoms. The highest BCUT2D eigenvalue weighted by Gasteiger charge is 2.23. The fourth-order valence-electron chi connectivity index (χ4n) is 4.55. The van der Waals surface area contributed by atoms with Crippen molar-refractivity contribution in [2.75, 3.05) is 49.6 Å². The van der Waals surface area contributed by atoms with E-state index in [-0.39, 0.29) is 43.1 Å². The van der Waals surface area contributed by atoms with Crippen molar-refractivity contribution in [3.8, 4) is 0 Å². The highest BCUT2D eigenvalue weighted by molar-refractivity contribution is 9.10. The van der Waals surface area contributed by atoms with E-state index in [1.165, 1.54) is 37.4 Å². The second kappa shape index (κ2) is 26.7. The largest absolute Gasteiger partial charge is 0.458 e. The van der Waals surface area contributed by atoms with Gasteiger partial charge in [0, 0.05) is 41.3 Å². The molecule has 2 amide bonds. The van der Waals surface area contributed by atoms with Crippen LogP contribution in [0.15, 0.2) is 140 Å². The number of thioether (sulfide) groups is 2. The van der Waals surface area contributed by atoms with E-state index in [0.717, 1.165) is 9.79 Å². The van der Waals surface area contributed by atoms with E-state index in [1.807, 2.05) is 24.6 Å². The minimum atomic E-state index is -1.02. The van der Waals surface area contributed by atoms with Gasteiger partial charge in [-0.15, -0.1) is 23.5 Å². The van der Waals surface area contributed by atoms with Crippen LogP contribution in [0.2, 0.25) is 0 Å². The molecule has 2 unspecified atom stereocenters. The summed E-state index contributed by atoms with van der Waals surface area (Å²) in [5.74, 6) is -2.54. The number of carbonyl (C=O) groups is 6. The molecule has 2 N–H and O–H groups in total. The number of hydrogen-bond acceptors (Lipinski definition) is 14. The zero-order valence-corrected chi connectivity index (χ0v) is 38.9. The summed E-state index contributed by atoms with van der Waals surface area (Å²) < 4.78 is 32.4. The van der Waals surface area contributed by atoms with Crippen molar-refractivity contribution in [2.45, 2.75) is 35.8 Å². The molecule has 4 aromatic carbocycles. The number of esters is 4. The average Bonchev–Trinajstić information content (AvgIpc) is 3.25. The first kappa shape index (κ1) is 50.8. The van der Waals surface area contributed by atoms with Gasteiger partial charge in [0.1, 0.15) is 26.4 Å². The molecular weight excluding hydrogens is 972 g/mol. The van der Waals surface area contributed by atoms with Gasteiger partial charge in [0.25, 0.3) is 0 Å². The first-order chi connectivity index (χ1) is 29.6. The molecule has 0 aromatic heterocycles. The third kappa shape index (κ3) is 18.2. The van der Waals surface area contributed by atoms with E-state index < -0.39 is 48.3 Å². The van der Waals surface area contributed by atoms with Crippen molar-refractivity contribution >= 4 is 103 Å². The maximum absolute atomic E-state index is 12.5. The summed E-state index contributed by atoms with van der Waals surface area (Å²) in [6, 6.07) is 27.9. The molecule has 0 spiro atoms. The first-order valence-corrected chi connectivity index (χ1v) is 22.4. The predicted molar refractivity (Wildman–Crippen MR) is 245 cm³/mol. The SMILES string of the molecule is C=C(C)C(=O)OCC(COC(=O)Nc1cccc(SC)c1)OC(=O)c1ccccc1Br.C=C(C)C(=O)OCC(COC(=O)c1ccccc1Br)OC(=O)Nc1cccc(SC)c1. The first-order valence-electron chi connectivity index (χ1n) is 18.3. The van der Waals surface area contributed by atoms with Crippen molar-refractivity contribution in [2.24, 2.45) is 0 Å². The third-order valence-corrected chi connectivity index (χ3v) is 10.5. The van der Waals surface area contributed by atoms with Gasteiger partial charge in [0.05, 0.1) is 11.1 Å². The van der Waals surface area contributed by atoms with Crippen molar-refractivity contribution in [3.63, 3.8) is 0 Å². The van der Waals surface area contributed by atoms with Crippen molar-refractivity contribution in [1.82, 2.24) is 0 Å². The van der Waals surface area contributed by atoms with Crippen molar-refractivity contribution in [3.05, 3.63) is 141 Å². The van der Waals surface area contributed by atoms with Gasteiger partial charge in [0.15, 0.2) is 12.2 Å². The Morgan fingerprint density at radius 2 is 0.968 bits per heavy atom. The lowest BCUT2D eigenvalue weighted by Crippen LogP contribution is -2.32. The number of halogens is 2. The Hall–Kier alpha value is -5.56. The van der Waals surface area contributed by atoms with Crippen LogP contribution in [0.4, 0.5) is 21.0 Å². The Morgan fingerprint density at radius 3 is 1.44 bits per heavy atom. The van der Waals surface area contributed by atoms with Crippen LogP contribution >= 0.6 is 55.4 Å². The molecule has 328 valence electrons. The topological polar surface area (TPSA) is 182 Å². The van der Waals surface area contributed by atoms with E-state index >= 15 is 0 Å². The average molecular weight is 1020 g/mol. The molecule has 0 aliphatic rings. The van der Waals surface area contributed by atoms with Gasteiger partial charge in [-0.2, -0.15) is 0 Å². The van der Waals surface area contributed by atoms with Gasteiger partial charge >= 0.3 is 36.1 Å². The van der Waals surface area contributed by atoms with E-state index in [1.54, 1.807) is 84.9 Å². The fraction of sp³-hybridized carbons (Fsp3) is 0.227. The van der Waals surface area contributed by atoms with Crippen LogP contribution in [0.25, 0.3) is 0 Å². The molecule has 4 rings (SSSR count). The summed E-state index contributed by atoms with van der Waals surface area (Å²) in [6.45, 7) is 8.79. The predicted octanol–water partition coefficient (Wildman–Crippen LogP) is 10.1. The summed E-state index contributed by atoms with van der Waals surface area (Å²) in [5, 5.41) is 5.21. The molecule has 0 aliphatic carbocycles. The molecule has 2 atom stereocenters. The summed E-state index contributed by atoms with van der Waals surface area (Å²) in [5.41, 5.74) is 2.10. The Kier molecular flexibility index (Phi) is 21.9. The quantitative estimate of drug-likeness (QED) is 0.0416. The molecule has 0 radical (unpaired) electrons. The molecule has 62 heavy (non-hydrogen) atoms. The smallest absolute Gasteiger partial charge is 0.412 e. The lowest BCUT2D eigenvalue weighted by Gasteiger charge is -2.18. The van der Waals surface area contributed by atoms with E-state index in [4.69, 9.17) is 28.4 Å². The van der Waals surface area contributed by atoms with Crippen LogP contribution in [0.1, 0.15) is 34.6 Å². The highest BCUT2D eigenvalue weighted by Crippen LogP contribution is 2.22. The zero-order chi connectivity index (χ0) is 45.6. The summed E-state index contributed by atoms with van der Waals surface area (Å²) in [4.78, 5) is 74.7. The molecular formula is C44H44Br2N2O12S2. The normalized spacial score (nSPS) is 11.2. The minimum absolute atomic E-state index is 0.197. The van der Waals surface area contributed by atoms with Gasteiger partial charge in [-0.1, -0.05) is 49.6 Å². The van der Waals surface area contributed by atoms with Crippen molar-refractivity contribution in [1.29, 1.82) is 0 Å². The van der Waals surface area contributed by atoms with E-state index in [0.29, 0.717) is 25.9 Å². The van der Waals surface area contributed by atoms with Crippen LogP contribution < -0.4 is 10.6 Å². The van der Waals surface area contributed by atoms with Crippen LogP contribution in [0, 0.1) is 0 Å². The third-order valence-electron chi connectivity index (χ3n) is 7.67. The Bertz CT molecular complexity index is 2240. The van der Waals surface area contributed by atoms with Crippen LogP contribution in [-0.4, -0.2) is 87.2 Å². The second-order valence-electron chi connectivity index (χ2n) is 12.7. The van der Waals surface area contributed by atoms with E-state index in [2.05, 4.69) is 55.7 Å². The Balaban J connectivity index is 0.000000330. The molecule has 0 saturated heterocycles. The lowest BCUT2D eigenvalue weighted by atomic mass is 10.2. The number of carbonyl (C=O) groups excluding carboxylic acids is 6. The van der Waals surface area contributed by atoms with Gasteiger partial charge in [-0.05, 0) is 119 Å². The highest BCUT2D eigenvalue weighted by atomic mass is 79.9. The summed E-state index contributed by atoms with van der Waals surface area (Å²) >= 11 is 9.63. The standard InChI is InChI=1S/2C22H22BrNO6S/c1-14(2)20(25)28-12-16(30-21(26)18-9-4-5-10-19(18)23)13-29-22(27)24-15-7-6-8-17(11-15)31-3;1-14(2)20(25)28-12-16(13-29-21(26)18-9-4-5-10-19(18)23)30-22(27)24-15-7-6-8-17(11-15)31-3/h2*4-11,16H,1,12-13H2,2-3H3,(H,24,27). The minimum Gasteiger partial charge on any atom is -0.458 e. The second-order valence-corrected chi connectivity index (χ2v) is 16.2. The molecule has 18 heteroatoms. The number of hydrogen-bond donors (Lipinski definition) is 2. The monoisotopic (exact) mass is 1010 g/mol. The summed E-state index contributed by atoms with van der Waals surface area (Å²) in [6.07, 6.45) is 0.319. The number of rotatable bonds is 18. The van der Waals surface area contributed by atoms with Crippen LogP contribution in [-0.2, 0) is 38.0 Å². The number of nitrogens with one attached hydrogen (secondary N) is 2. The van der Waals surface area contributed by atoms with E-state index in [9.17, 15) is 28.8 Å². The Morgan fingerprint density at radius 1 is 0.548 bits per heavy atom.